The zero-order chi connectivity index (χ0) is 12.1. The van der Waals surface area contributed by atoms with Gasteiger partial charge in [-0.3, -0.25) is 4.90 Å². The monoisotopic (exact) mass is 269 g/mol. The van der Waals surface area contributed by atoms with E-state index < -0.39 is 0 Å². The average Bonchev–Trinajstić information content (AvgIpc) is 2.35. The minimum absolute atomic E-state index is 0.611. The lowest BCUT2D eigenvalue weighted by Crippen LogP contribution is -2.29. The largest absolute Gasteiger partial charge is 0.300 e. The highest BCUT2D eigenvalue weighted by molar-refractivity contribution is 6.42. The molecule has 1 saturated heterocycles. The first-order chi connectivity index (χ1) is 8.25. The molecule has 1 aromatic carbocycles. The number of likely N-dealkylation sites (tertiary alicyclic amines) is 1. The van der Waals surface area contributed by atoms with Crippen molar-refractivity contribution < 1.29 is 0 Å². The Bertz CT molecular complexity index is 395. The van der Waals surface area contributed by atoms with Gasteiger partial charge in [0.15, 0.2) is 0 Å². The van der Waals surface area contributed by atoms with Crippen LogP contribution in [0.4, 0.5) is 0 Å². The number of piperidine rings is 1. The van der Waals surface area contributed by atoms with E-state index in [0.717, 1.165) is 12.1 Å². The lowest BCUT2D eigenvalue weighted by atomic mass is 10.1. The van der Waals surface area contributed by atoms with Crippen LogP contribution >= 0.6 is 23.2 Å². The van der Waals surface area contributed by atoms with Crippen molar-refractivity contribution in [3.8, 4) is 0 Å². The summed E-state index contributed by atoms with van der Waals surface area (Å²) in [4.78, 5) is 2.48. The van der Waals surface area contributed by atoms with Gasteiger partial charge in [-0.05, 0) is 43.6 Å². The fourth-order valence-electron chi connectivity index (χ4n) is 2.10. The van der Waals surface area contributed by atoms with E-state index >= 15 is 0 Å². The quantitative estimate of drug-likeness (QED) is 0.782. The van der Waals surface area contributed by atoms with Gasteiger partial charge in [0.1, 0.15) is 0 Å². The van der Waals surface area contributed by atoms with Gasteiger partial charge in [0.2, 0.25) is 0 Å². The van der Waals surface area contributed by atoms with E-state index in [1.165, 1.54) is 32.4 Å². The van der Waals surface area contributed by atoms with Gasteiger partial charge in [-0.2, -0.15) is 0 Å². The third-order valence-electron chi connectivity index (χ3n) is 3.07. The van der Waals surface area contributed by atoms with E-state index in [-0.39, 0.29) is 0 Å². The number of halogens is 2. The summed E-state index contributed by atoms with van der Waals surface area (Å²) in [6.45, 7) is 3.48. The normalized spacial score (nSPS) is 17.8. The Morgan fingerprint density at radius 2 is 1.82 bits per heavy atom. The molecule has 2 rings (SSSR count). The number of nitrogens with zero attached hydrogens (tertiary/aromatic N) is 1. The summed E-state index contributed by atoms with van der Waals surface area (Å²) in [6.07, 6.45) is 8.36. The van der Waals surface area contributed by atoms with E-state index in [0.29, 0.717) is 10.0 Å². The molecule has 0 aromatic heterocycles. The van der Waals surface area contributed by atoms with Crippen molar-refractivity contribution in [1.82, 2.24) is 4.90 Å². The van der Waals surface area contributed by atoms with Crippen LogP contribution in [0.2, 0.25) is 10.0 Å². The van der Waals surface area contributed by atoms with Crippen molar-refractivity contribution in [3.05, 3.63) is 39.9 Å². The predicted octanol–water partition coefficient (Wildman–Crippen LogP) is 4.49. The van der Waals surface area contributed by atoms with E-state index in [1.807, 2.05) is 18.2 Å². The summed E-state index contributed by atoms with van der Waals surface area (Å²) < 4.78 is 0. The minimum atomic E-state index is 0.611. The molecule has 1 heterocycles. The topological polar surface area (TPSA) is 3.24 Å². The molecule has 3 heteroatoms. The molecule has 1 fully saturated rings. The Labute approximate surface area is 113 Å². The van der Waals surface area contributed by atoms with Gasteiger partial charge in [0.05, 0.1) is 10.0 Å². The molecular formula is C14H17Cl2N. The second-order valence-electron chi connectivity index (χ2n) is 4.44. The maximum Gasteiger partial charge on any atom is 0.0598 e. The van der Waals surface area contributed by atoms with Crippen LogP contribution in [0, 0.1) is 0 Å². The van der Waals surface area contributed by atoms with Crippen molar-refractivity contribution in [2.45, 2.75) is 19.3 Å². The summed E-state index contributed by atoms with van der Waals surface area (Å²) >= 11 is 11.8. The van der Waals surface area contributed by atoms with Gasteiger partial charge in [-0.15, -0.1) is 0 Å². The van der Waals surface area contributed by atoms with E-state index in [4.69, 9.17) is 23.2 Å². The second-order valence-corrected chi connectivity index (χ2v) is 5.25. The van der Waals surface area contributed by atoms with E-state index in [2.05, 4.69) is 17.1 Å². The minimum Gasteiger partial charge on any atom is -0.300 e. The third-order valence-corrected chi connectivity index (χ3v) is 3.81. The molecule has 0 amide bonds. The highest BCUT2D eigenvalue weighted by Gasteiger charge is 2.07. The molecule has 0 aliphatic carbocycles. The maximum absolute atomic E-state index is 5.97. The predicted molar refractivity (Wildman–Crippen MR) is 75.8 cm³/mol. The number of hydrogen-bond acceptors (Lipinski definition) is 1. The Hall–Kier alpha value is -0.500. The molecule has 1 aliphatic heterocycles. The van der Waals surface area contributed by atoms with Gasteiger partial charge in [0.25, 0.3) is 0 Å². The van der Waals surface area contributed by atoms with Crippen LogP contribution in [0.3, 0.4) is 0 Å². The molecule has 0 unspecified atom stereocenters. The molecule has 0 saturated carbocycles. The van der Waals surface area contributed by atoms with E-state index in [9.17, 15) is 0 Å². The summed E-state index contributed by atoms with van der Waals surface area (Å²) in [5.41, 5.74) is 1.11. The molecule has 1 aliphatic rings. The zero-order valence-electron chi connectivity index (χ0n) is 9.83. The third kappa shape index (κ3) is 4.02. The van der Waals surface area contributed by atoms with Crippen LogP contribution in [0.1, 0.15) is 24.8 Å². The lowest BCUT2D eigenvalue weighted by Gasteiger charge is -2.24. The first kappa shape index (κ1) is 12.9. The molecule has 0 spiro atoms. The molecule has 92 valence electrons. The Morgan fingerprint density at radius 1 is 1.06 bits per heavy atom. The lowest BCUT2D eigenvalue weighted by molar-refractivity contribution is 0.252. The molecular weight excluding hydrogens is 253 g/mol. The highest BCUT2D eigenvalue weighted by Crippen LogP contribution is 2.23. The van der Waals surface area contributed by atoms with Crippen molar-refractivity contribution in [2.75, 3.05) is 19.6 Å². The smallest absolute Gasteiger partial charge is 0.0598 e. The highest BCUT2D eigenvalue weighted by atomic mass is 35.5. The fourth-order valence-corrected chi connectivity index (χ4v) is 2.40. The Morgan fingerprint density at radius 3 is 2.53 bits per heavy atom. The van der Waals surface area contributed by atoms with Crippen LogP contribution in [-0.2, 0) is 0 Å². The standard InChI is InChI=1S/C14H17Cl2N/c15-13-7-6-12(11-14(13)16)5-4-10-17-8-2-1-3-9-17/h4-7,11H,1-3,8-10H2. The maximum atomic E-state index is 5.97. The second kappa shape index (κ2) is 6.44. The van der Waals surface area contributed by atoms with Gasteiger partial charge in [-0.1, -0.05) is 47.8 Å². The van der Waals surface area contributed by atoms with Crippen LogP contribution in [-0.4, -0.2) is 24.5 Å². The van der Waals surface area contributed by atoms with Gasteiger partial charge >= 0.3 is 0 Å². The van der Waals surface area contributed by atoms with Crippen molar-refractivity contribution in [2.24, 2.45) is 0 Å². The van der Waals surface area contributed by atoms with Gasteiger partial charge in [0, 0.05) is 6.54 Å². The summed E-state index contributed by atoms with van der Waals surface area (Å²) in [6, 6.07) is 5.72. The Kier molecular flexibility index (Phi) is 4.90. The van der Waals surface area contributed by atoms with Crippen LogP contribution in [0.15, 0.2) is 24.3 Å². The number of rotatable bonds is 3. The van der Waals surface area contributed by atoms with Crippen molar-refractivity contribution in [1.29, 1.82) is 0 Å². The Balaban J connectivity index is 1.88. The number of benzene rings is 1. The van der Waals surface area contributed by atoms with Gasteiger partial charge in [-0.25, -0.2) is 0 Å². The molecule has 17 heavy (non-hydrogen) atoms. The first-order valence-electron chi connectivity index (χ1n) is 6.09. The van der Waals surface area contributed by atoms with E-state index in [1.54, 1.807) is 0 Å². The molecule has 0 atom stereocenters. The molecule has 0 bridgehead atoms. The average molecular weight is 270 g/mol. The first-order valence-corrected chi connectivity index (χ1v) is 6.85. The van der Waals surface area contributed by atoms with Gasteiger partial charge < -0.3 is 0 Å². The fraction of sp³-hybridized carbons (Fsp3) is 0.429. The summed E-state index contributed by atoms with van der Waals surface area (Å²) in [5.74, 6) is 0. The van der Waals surface area contributed by atoms with Crippen molar-refractivity contribution in [3.63, 3.8) is 0 Å². The molecule has 1 aromatic rings. The number of hydrogen-bond donors (Lipinski definition) is 0. The van der Waals surface area contributed by atoms with Crippen LogP contribution < -0.4 is 0 Å². The van der Waals surface area contributed by atoms with Crippen LogP contribution in [0.5, 0.6) is 0 Å². The van der Waals surface area contributed by atoms with Crippen molar-refractivity contribution >= 4 is 29.3 Å². The SMILES string of the molecule is Clc1ccc(C=CCN2CCCCC2)cc1Cl. The molecule has 0 radical (unpaired) electrons. The zero-order valence-corrected chi connectivity index (χ0v) is 11.3. The molecule has 0 N–H and O–H groups in total. The summed E-state index contributed by atoms with van der Waals surface area (Å²) in [5, 5.41) is 1.23. The summed E-state index contributed by atoms with van der Waals surface area (Å²) in [7, 11) is 0. The molecule has 1 nitrogen and oxygen atoms in total. The van der Waals surface area contributed by atoms with Crippen LogP contribution in [0.25, 0.3) is 6.08 Å².